The predicted molar refractivity (Wildman–Crippen MR) is 111 cm³/mol. The number of carbonyl (C=O) groups is 2. The van der Waals surface area contributed by atoms with Gasteiger partial charge in [0.25, 0.3) is 5.91 Å². The van der Waals surface area contributed by atoms with E-state index in [4.69, 9.17) is 14.2 Å². The van der Waals surface area contributed by atoms with Crippen LogP contribution in [0.5, 0.6) is 11.5 Å². The SMILES string of the molecule is COc1cc(C)ccc1OCC(=O)OC(C)C(=O)Nc1ccc2ccccc2c1. The molecule has 1 unspecified atom stereocenters. The lowest BCUT2D eigenvalue weighted by Crippen LogP contribution is -2.31. The van der Waals surface area contributed by atoms with Crippen LogP contribution in [0, 0.1) is 6.92 Å². The fourth-order valence-corrected chi connectivity index (χ4v) is 2.83. The number of ether oxygens (including phenoxy) is 3. The van der Waals surface area contributed by atoms with E-state index in [1.54, 1.807) is 12.1 Å². The van der Waals surface area contributed by atoms with Gasteiger partial charge in [0, 0.05) is 5.69 Å². The number of aryl methyl sites for hydroxylation is 1. The molecule has 6 nitrogen and oxygen atoms in total. The van der Waals surface area contributed by atoms with Crippen LogP contribution < -0.4 is 14.8 Å². The highest BCUT2D eigenvalue weighted by molar-refractivity contribution is 5.97. The lowest BCUT2D eigenvalue weighted by molar-refractivity contribution is -0.155. The Hall–Kier alpha value is -3.54. The van der Waals surface area contributed by atoms with Crippen LogP contribution in [0.1, 0.15) is 12.5 Å². The van der Waals surface area contributed by atoms with Gasteiger partial charge in [-0.2, -0.15) is 0 Å². The topological polar surface area (TPSA) is 73.9 Å². The van der Waals surface area contributed by atoms with Crippen molar-refractivity contribution in [3.05, 3.63) is 66.2 Å². The number of rotatable bonds is 7. The van der Waals surface area contributed by atoms with E-state index in [0.717, 1.165) is 16.3 Å². The number of nitrogens with one attached hydrogen (secondary N) is 1. The second-order valence-corrected chi connectivity index (χ2v) is 6.63. The molecule has 0 heterocycles. The summed E-state index contributed by atoms with van der Waals surface area (Å²) in [5.74, 6) is -0.0986. The summed E-state index contributed by atoms with van der Waals surface area (Å²) < 4.78 is 15.9. The van der Waals surface area contributed by atoms with Crippen molar-refractivity contribution < 1.29 is 23.8 Å². The zero-order valence-electron chi connectivity index (χ0n) is 16.6. The molecule has 0 saturated carbocycles. The summed E-state index contributed by atoms with van der Waals surface area (Å²) in [6.45, 7) is 3.12. The van der Waals surface area contributed by atoms with E-state index in [9.17, 15) is 9.59 Å². The van der Waals surface area contributed by atoms with Gasteiger partial charge in [0.05, 0.1) is 7.11 Å². The lowest BCUT2D eigenvalue weighted by atomic mass is 10.1. The average molecular weight is 393 g/mol. The number of fused-ring (bicyclic) bond motifs is 1. The molecule has 1 N–H and O–H groups in total. The number of anilines is 1. The quantitative estimate of drug-likeness (QED) is 0.612. The Morgan fingerprint density at radius 3 is 2.48 bits per heavy atom. The molecule has 0 bridgehead atoms. The number of carbonyl (C=O) groups excluding carboxylic acids is 2. The van der Waals surface area contributed by atoms with Gasteiger partial charge in [0.2, 0.25) is 0 Å². The van der Waals surface area contributed by atoms with Gasteiger partial charge in [-0.25, -0.2) is 4.79 Å². The summed E-state index contributed by atoms with van der Waals surface area (Å²) in [5, 5.41) is 4.85. The smallest absolute Gasteiger partial charge is 0.344 e. The van der Waals surface area contributed by atoms with E-state index >= 15 is 0 Å². The highest BCUT2D eigenvalue weighted by atomic mass is 16.6. The van der Waals surface area contributed by atoms with Crippen LogP contribution in [0.25, 0.3) is 10.8 Å². The van der Waals surface area contributed by atoms with Gasteiger partial charge in [-0.05, 0) is 54.4 Å². The second-order valence-electron chi connectivity index (χ2n) is 6.63. The molecule has 3 rings (SSSR count). The van der Waals surface area contributed by atoms with Crippen molar-refractivity contribution in [2.75, 3.05) is 19.0 Å². The number of hydrogen-bond donors (Lipinski definition) is 1. The fourth-order valence-electron chi connectivity index (χ4n) is 2.83. The molecule has 0 radical (unpaired) electrons. The lowest BCUT2D eigenvalue weighted by Gasteiger charge is -2.15. The maximum Gasteiger partial charge on any atom is 0.344 e. The van der Waals surface area contributed by atoms with Crippen LogP contribution in [0.15, 0.2) is 60.7 Å². The molecule has 0 saturated heterocycles. The molecule has 0 fully saturated rings. The van der Waals surface area contributed by atoms with E-state index < -0.39 is 18.0 Å². The van der Waals surface area contributed by atoms with Crippen molar-refractivity contribution in [2.24, 2.45) is 0 Å². The summed E-state index contributed by atoms with van der Waals surface area (Å²) >= 11 is 0. The third-order valence-corrected chi connectivity index (χ3v) is 4.36. The minimum Gasteiger partial charge on any atom is -0.493 e. The summed E-state index contributed by atoms with van der Waals surface area (Å²) in [6, 6.07) is 18.8. The Morgan fingerprint density at radius 2 is 1.72 bits per heavy atom. The van der Waals surface area contributed by atoms with Crippen LogP contribution >= 0.6 is 0 Å². The number of benzene rings is 3. The Morgan fingerprint density at radius 1 is 0.966 bits per heavy atom. The molecule has 3 aromatic carbocycles. The highest BCUT2D eigenvalue weighted by Crippen LogP contribution is 2.27. The first-order chi connectivity index (χ1) is 14.0. The van der Waals surface area contributed by atoms with Crippen molar-refractivity contribution in [2.45, 2.75) is 20.0 Å². The van der Waals surface area contributed by atoms with Crippen LogP contribution in [0.4, 0.5) is 5.69 Å². The molecule has 3 aromatic rings. The maximum atomic E-state index is 12.3. The fraction of sp³-hybridized carbons (Fsp3) is 0.217. The first-order valence-electron chi connectivity index (χ1n) is 9.23. The second kappa shape index (κ2) is 9.10. The molecule has 29 heavy (non-hydrogen) atoms. The first kappa shape index (κ1) is 20.2. The molecule has 1 atom stereocenters. The number of hydrogen-bond acceptors (Lipinski definition) is 5. The van der Waals surface area contributed by atoms with E-state index in [2.05, 4.69) is 5.32 Å². The monoisotopic (exact) mass is 393 g/mol. The predicted octanol–water partition coefficient (Wildman–Crippen LogP) is 4.11. The minimum absolute atomic E-state index is 0.326. The zero-order chi connectivity index (χ0) is 20.8. The van der Waals surface area contributed by atoms with Crippen LogP contribution in [-0.2, 0) is 14.3 Å². The third kappa shape index (κ3) is 5.25. The average Bonchev–Trinajstić information content (AvgIpc) is 2.72. The number of esters is 1. The molecular formula is C23H23NO5. The van der Waals surface area contributed by atoms with Gasteiger partial charge in [0.1, 0.15) is 0 Å². The largest absolute Gasteiger partial charge is 0.493 e. The Bertz CT molecular complexity index is 1030. The van der Waals surface area contributed by atoms with Crippen molar-refractivity contribution in [3.8, 4) is 11.5 Å². The summed E-state index contributed by atoms with van der Waals surface area (Å²) in [5.41, 5.74) is 1.65. The van der Waals surface area contributed by atoms with E-state index in [1.807, 2.05) is 55.5 Å². The molecular weight excluding hydrogens is 370 g/mol. The van der Waals surface area contributed by atoms with Crippen molar-refractivity contribution in [3.63, 3.8) is 0 Å². The molecule has 0 aliphatic carbocycles. The summed E-state index contributed by atoms with van der Waals surface area (Å²) in [7, 11) is 1.53. The van der Waals surface area contributed by atoms with E-state index in [1.165, 1.54) is 14.0 Å². The normalized spacial score (nSPS) is 11.6. The molecule has 0 aromatic heterocycles. The standard InChI is InChI=1S/C23H23NO5/c1-15-8-11-20(21(12-15)27-3)28-14-22(25)29-16(2)23(26)24-19-10-9-17-6-4-5-7-18(17)13-19/h4-13,16H,14H2,1-3H3,(H,24,26). The molecule has 6 heteroatoms. The van der Waals surface area contributed by atoms with E-state index in [0.29, 0.717) is 17.2 Å². The van der Waals surface area contributed by atoms with Crippen LogP contribution in [-0.4, -0.2) is 31.7 Å². The van der Waals surface area contributed by atoms with Gasteiger partial charge in [-0.3, -0.25) is 4.79 Å². The van der Waals surface area contributed by atoms with Crippen LogP contribution in [0.3, 0.4) is 0 Å². The molecule has 1 amide bonds. The van der Waals surface area contributed by atoms with Crippen molar-refractivity contribution in [1.29, 1.82) is 0 Å². The Labute approximate surface area is 169 Å². The van der Waals surface area contributed by atoms with Gasteiger partial charge in [-0.1, -0.05) is 36.4 Å². The van der Waals surface area contributed by atoms with Gasteiger partial charge in [-0.15, -0.1) is 0 Å². The third-order valence-electron chi connectivity index (χ3n) is 4.36. The van der Waals surface area contributed by atoms with E-state index in [-0.39, 0.29) is 6.61 Å². The summed E-state index contributed by atoms with van der Waals surface area (Å²) in [6.07, 6.45) is -0.961. The van der Waals surface area contributed by atoms with Gasteiger partial charge < -0.3 is 19.5 Å². The Kier molecular flexibility index (Phi) is 6.34. The van der Waals surface area contributed by atoms with Crippen molar-refractivity contribution in [1.82, 2.24) is 0 Å². The maximum absolute atomic E-state index is 12.3. The molecule has 0 spiro atoms. The number of amides is 1. The molecule has 150 valence electrons. The molecule has 0 aliphatic rings. The summed E-state index contributed by atoms with van der Waals surface area (Å²) in [4.78, 5) is 24.4. The van der Waals surface area contributed by atoms with Gasteiger partial charge >= 0.3 is 5.97 Å². The van der Waals surface area contributed by atoms with Gasteiger partial charge in [0.15, 0.2) is 24.2 Å². The molecule has 0 aliphatic heterocycles. The highest BCUT2D eigenvalue weighted by Gasteiger charge is 2.19. The minimum atomic E-state index is -0.961. The van der Waals surface area contributed by atoms with Crippen molar-refractivity contribution >= 4 is 28.3 Å². The Balaban J connectivity index is 1.54. The van der Waals surface area contributed by atoms with Crippen LogP contribution in [0.2, 0.25) is 0 Å². The first-order valence-corrected chi connectivity index (χ1v) is 9.23. The number of methoxy groups -OCH3 is 1. The zero-order valence-corrected chi connectivity index (χ0v) is 16.6.